The SMILES string of the molecule is O=C(COc1ccccc1-c1ccncc1)N1CCC(CCc2ccc3c(c2)OCO3)CC1. The molecule has 0 radical (unpaired) electrons. The summed E-state index contributed by atoms with van der Waals surface area (Å²) in [5.74, 6) is 3.08. The summed E-state index contributed by atoms with van der Waals surface area (Å²) in [5, 5.41) is 0. The van der Waals surface area contributed by atoms with Gasteiger partial charge >= 0.3 is 0 Å². The Morgan fingerprint density at radius 1 is 1.00 bits per heavy atom. The van der Waals surface area contributed by atoms with Crippen molar-refractivity contribution in [3.8, 4) is 28.4 Å². The van der Waals surface area contributed by atoms with E-state index in [1.807, 2.05) is 47.4 Å². The molecular formula is C27H28N2O4. The maximum absolute atomic E-state index is 12.8. The second-order valence-corrected chi connectivity index (χ2v) is 8.57. The molecule has 0 bridgehead atoms. The summed E-state index contributed by atoms with van der Waals surface area (Å²) in [6.07, 6.45) is 7.72. The van der Waals surface area contributed by atoms with E-state index < -0.39 is 0 Å². The van der Waals surface area contributed by atoms with Crippen molar-refractivity contribution < 1.29 is 19.0 Å². The van der Waals surface area contributed by atoms with Gasteiger partial charge in [-0.2, -0.15) is 0 Å². The van der Waals surface area contributed by atoms with Crippen LogP contribution in [0.2, 0.25) is 0 Å². The first-order chi connectivity index (χ1) is 16.3. The van der Waals surface area contributed by atoms with E-state index in [1.54, 1.807) is 12.4 Å². The third kappa shape index (κ3) is 5.11. The molecule has 0 aliphatic carbocycles. The van der Waals surface area contributed by atoms with Crippen molar-refractivity contribution in [2.75, 3.05) is 26.5 Å². The molecule has 5 rings (SSSR count). The van der Waals surface area contributed by atoms with E-state index in [1.165, 1.54) is 5.56 Å². The maximum Gasteiger partial charge on any atom is 0.260 e. The summed E-state index contributed by atoms with van der Waals surface area (Å²) in [4.78, 5) is 18.8. The highest BCUT2D eigenvalue weighted by Gasteiger charge is 2.23. The topological polar surface area (TPSA) is 60.9 Å². The number of nitrogens with zero attached hydrogens (tertiary/aromatic N) is 2. The summed E-state index contributed by atoms with van der Waals surface area (Å²) in [6.45, 7) is 1.95. The third-order valence-corrected chi connectivity index (χ3v) is 6.48. The van der Waals surface area contributed by atoms with E-state index in [4.69, 9.17) is 14.2 Å². The number of pyridine rings is 1. The fraction of sp³-hybridized carbons (Fsp3) is 0.333. The quantitative estimate of drug-likeness (QED) is 0.527. The van der Waals surface area contributed by atoms with Crippen LogP contribution in [0.5, 0.6) is 17.2 Å². The Morgan fingerprint density at radius 2 is 1.79 bits per heavy atom. The summed E-state index contributed by atoms with van der Waals surface area (Å²) in [5.41, 5.74) is 3.27. The highest BCUT2D eigenvalue weighted by atomic mass is 16.7. The van der Waals surface area contributed by atoms with E-state index >= 15 is 0 Å². The molecule has 170 valence electrons. The number of ether oxygens (including phenoxy) is 3. The first-order valence-electron chi connectivity index (χ1n) is 11.5. The number of carbonyl (C=O) groups is 1. The monoisotopic (exact) mass is 444 g/mol. The van der Waals surface area contributed by atoms with Crippen LogP contribution in [0.15, 0.2) is 67.0 Å². The second kappa shape index (κ2) is 9.94. The fourth-order valence-electron chi connectivity index (χ4n) is 4.53. The van der Waals surface area contributed by atoms with Gasteiger partial charge < -0.3 is 19.1 Å². The van der Waals surface area contributed by atoms with Crippen LogP contribution in [-0.2, 0) is 11.2 Å². The van der Waals surface area contributed by atoms with E-state index in [2.05, 4.69) is 17.1 Å². The van der Waals surface area contributed by atoms with E-state index in [9.17, 15) is 4.79 Å². The van der Waals surface area contributed by atoms with Crippen molar-refractivity contribution >= 4 is 5.91 Å². The Balaban J connectivity index is 1.09. The number of carbonyl (C=O) groups excluding carboxylic acids is 1. The number of hydrogen-bond acceptors (Lipinski definition) is 5. The van der Waals surface area contributed by atoms with Crippen LogP contribution in [-0.4, -0.2) is 42.3 Å². The molecule has 3 aromatic rings. The van der Waals surface area contributed by atoms with Gasteiger partial charge in [-0.15, -0.1) is 0 Å². The largest absolute Gasteiger partial charge is 0.483 e. The lowest BCUT2D eigenvalue weighted by atomic mass is 9.90. The van der Waals surface area contributed by atoms with Gasteiger partial charge in [0.1, 0.15) is 5.75 Å². The summed E-state index contributed by atoms with van der Waals surface area (Å²) >= 11 is 0. The van der Waals surface area contributed by atoms with Gasteiger partial charge in [0.15, 0.2) is 18.1 Å². The lowest BCUT2D eigenvalue weighted by molar-refractivity contribution is -0.134. The lowest BCUT2D eigenvalue weighted by Crippen LogP contribution is -2.41. The van der Waals surface area contributed by atoms with Crippen molar-refractivity contribution in [2.45, 2.75) is 25.7 Å². The molecule has 0 unspecified atom stereocenters. The smallest absolute Gasteiger partial charge is 0.260 e. The standard InChI is InChI=1S/C27H28N2O4/c30-27(18-31-24-4-2-1-3-23(24)22-9-13-28-14-10-22)29-15-11-20(12-16-29)5-6-21-7-8-25-26(17-21)33-19-32-25/h1-4,7-10,13-14,17,20H,5-6,11-12,15-16,18-19H2. The van der Waals surface area contributed by atoms with E-state index in [-0.39, 0.29) is 12.5 Å². The predicted molar refractivity (Wildman–Crippen MR) is 125 cm³/mol. The number of amides is 1. The van der Waals surface area contributed by atoms with Crippen molar-refractivity contribution in [1.29, 1.82) is 0 Å². The molecule has 3 heterocycles. The van der Waals surface area contributed by atoms with Crippen LogP contribution >= 0.6 is 0 Å². The molecule has 1 aromatic heterocycles. The molecular weight excluding hydrogens is 416 g/mol. The molecule has 2 aliphatic rings. The second-order valence-electron chi connectivity index (χ2n) is 8.57. The minimum atomic E-state index is 0.0498. The van der Waals surface area contributed by atoms with Gasteiger partial charge in [0.25, 0.3) is 5.91 Å². The first-order valence-corrected chi connectivity index (χ1v) is 11.5. The first kappa shape index (κ1) is 21.3. The minimum absolute atomic E-state index is 0.0498. The Kier molecular flexibility index (Phi) is 6.42. The number of likely N-dealkylation sites (tertiary alicyclic amines) is 1. The molecule has 6 heteroatoms. The van der Waals surface area contributed by atoms with Crippen LogP contribution in [0, 0.1) is 5.92 Å². The summed E-state index contributed by atoms with van der Waals surface area (Å²) in [7, 11) is 0. The highest BCUT2D eigenvalue weighted by molar-refractivity contribution is 5.78. The van der Waals surface area contributed by atoms with Gasteiger partial charge in [0.2, 0.25) is 6.79 Å². The number of benzene rings is 2. The van der Waals surface area contributed by atoms with Gasteiger partial charge in [-0.25, -0.2) is 0 Å². The molecule has 2 aliphatic heterocycles. The van der Waals surface area contributed by atoms with Crippen molar-refractivity contribution in [3.05, 3.63) is 72.6 Å². The number of hydrogen-bond donors (Lipinski definition) is 0. The molecule has 0 spiro atoms. The molecule has 0 saturated carbocycles. The highest BCUT2D eigenvalue weighted by Crippen LogP contribution is 2.33. The third-order valence-electron chi connectivity index (χ3n) is 6.48. The average molecular weight is 445 g/mol. The Labute approximate surface area is 194 Å². The van der Waals surface area contributed by atoms with Gasteiger partial charge in [-0.3, -0.25) is 9.78 Å². The Bertz CT molecular complexity index is 1090. The zero-order valence-electron chi connectivity index (χ0n) is 18.6. The molecule has 1 saturated heterocycles. The zero-order valence-corrected chi connectivity index (χ0v) is 18.6. The number of para-hydroxylation sites is 1. The van der Waals surface area contributed by atoms with Crippen LogP contribution in [0.3, 0.4) is 0 Å². The molecule has 2 aromatic carbocycles. The molecule has 0 atom stereocenters. The van der Waals surface area contributed by atoms with Crippen LogP contribution in [0.4, 0.5) is 0 Å². The minimum Gasteiger partial charge on any atom is -0.483 e. The lowest BCUT2D eigenvalue weighted by Gasteiger charge is -2.32. The number of aromatic nitrogens is 1. The number of rotatable bonds is 7. The molecule has 1 amide bonds. The zero-order chi connectivity index (χ0) is 22.5. The fourth-order valence-corrected chi connectivity index (χ4v) is 4.53. The normalized spacial score (nSPS) is 15.5. The van der Waals surface area contributed by atoms with Gasteiger partial charge in [0, 0.05) is 31.0 Å². The summed E-state index contributed by atoms with van der Waals surface area (Å²) < 4.78 is 16.8. The summed E-state index contributed by atoms with van der Waals surface area (Å²) in [6, 6.07) is 17.9. The van der Waals surface area contributed by atoms with Crippen molar-refractivity contribution in [1.82, 2.24) is 9.88 Å². The van der Waals surface area contributed by atoms with Crippen LogP contribution in [0.1, 0.15) is 24.8 Å². The molecule has 6 nitrogen and oxygen atoms in total. The molecule has 33 heavy (non-hydrogen) atoms. The van der Waals surface area contributed by atoms with Crippen molar-refractivity contribution in [2.24, 2.45) is 5.92 Å². The molecule has 1 fully saturated rings. The van der Waals surface area contributed by atoms with Gasteiger partial charge in [-0.1, -0.05) is 24.3 Å². The van der Waals surface area contributed by atoms with E-state index in [0.717, 1.165) is 67.1 Å². The van der Waals surface area contributed by atoms with Gasteiger partial charge in [-0.05, 0) is 73.1 Å². The van der Waals surface area contributed by atoms with Crippen molar-refractivity contribution in [3.63, 3.8) is 0 Å². The Morgan fingerprint density at radius 3 is 2.64 bits per heavy atom. The molecule has 0 N–H and O–H groups in total. The van der Waals surface area contributed by atoms with Crippen LogP contribution < -0.4 is 14.2 Å². The number of fused-ring (bicyclic) bond motifs is 1. The van der Waals surface area contributed by atoms with Crippen LogP contribution in [0.25, 0.3) is 11.1 Å². The Hall–Kier alpha value is -3.54. The van der Waals surface area contributed by atoms with Gasteiger partial charge in [0.05, 0.1) is 0 Å². The number of piperidine rings is 1. The van der Waals surface area contributed by atoms with E-state index in [0.29, 0.717) is 12.7 Å². The average Bonchev–Trinajstić information content (AvgIpc) is 3.35. The predicted octanol–water partition coefficient (Wildman–Crippen LogP) is 4.73. The maximum atomic E-state index is 12.8. The number of aryl methyl sites for hydroxylation is 1.